The molecular weight excluding hydrogens is 276 g/mol. The van der Waals surface area contributed by atoms with Crippen LogP contribution in [0.15, 0.2) is 41.2 Å². The Kier molecular flexibility index (Phi) is 5.25. The van der Waals surface area contributed by atoms with E-state index in [1.165, 1.54) is 11.3 Å². The number of hydrogen-bond donors (Lipinski definition) is 1. The number of amides is 1. The fraction of sp³-hybridized carbons (Fsp3) is 0.214. The van der Waals surface area contributed by atoms with Crippen molar-refractivity contribution in [3.63, 3.8) is 0 Å². The molecule has 0 saturated heterocycles. The van der Waals surface area contributed by atoms with Gasteiger partial charge >= 0.3 is 5.97 Å². The van der Waals surface area contributed by atoms with Gasteiger partial charge in [0.1, 0.15) is 6.54 Å². The summed E-state index contributed by atoms with van der Waals surface area (Å²) in [6, 6.07) is 8.72. The number of hydrogen-bond acceptors (Lipinski definition) is 5. The van der Waals surface area contributed by atoms with Crippen molar-refractivity contribution in [3.05, 3.63) is 52.5 Å². The molecule has 0 atom stereocenters. The molecule has 0 unspecified atom stereocenters. The van der Waals surface area contributed by atoms with Crippen LogP contribution in [-0.2, 0) is 16.0 Å². The zero-order valence-corrected chi connectivity index (χ0v) is 11.6. The van der Waals surface area contributed by atoms with Crippen LogP contribution in [0.4, 0.5) is 0 Å². The Morgan fingerprint density at radius 1 is 1.25 bits per heavy atom. The maximum atomic E-state index is 11.7. The maximum absolute atomic E-state index is 11.7. The first kappa shape index (κ1) is 14.2. The first-order valence-corrected chi connectivity index (χ1v) is 7.06. The molecule has 0 fully saturated rings. The molecule has 0 radical (unpaired) electrons. The molecule has 0 saturated carbocycles. The second kappa shape index (κ2) is 7.40. The Morgan fingerprint density at radius 2 is 2.05 bits per heavy atom. The lowest BCUT2D eigenvalue weighted by Crippen LogP contribution is -2.30. The summed E-state index contributed by atoms with van der Waals surface area (Å²) < 4.78 is 5.01. The van der Waals surface area contributed by atoms with Gasteiger partial charge in [0.2, 0.25) is 0 Å². The van der Waals surface area contributed by atoms with E-state index in [1.54, 1.807) is 29.8 Å². The number of carbonyl (C=O) groups is 2. The molecule has 104 valence electrons. The smallest absolute Gasteiger partial charge is 0.325 e. The van der Waals surface area contributed by atoms with Gasteiger partial charge < -0.3 is 10.1 Å². The summed E-state index contributed by atoms with van der Waals surface area (Å²) in [6.07, 6.45) is 0.585. The Balaban J connectivity index is 1.66. The quantitative estimate of drug-likeness (QED) is 0.822. The zero-order valence-electron chi connectivity index (χ0n) is 10.7. The number of ether oxygens (including phenoxy) is 1. The van der Waals surface area contributed by atoms with Gasteiger partial charge in [0.15, 0.2) is 0 Å². The van der Waals surface area contributed by atoms with E-state index in [4.69, 9.17) is 4.74 Å². The molecule has 0 aliphatic rings. The lowest BCUT2D eigenvalue weighted by atomic mass is 10.2. The highest BCUT2D eigenvalue weighted by Crippen LogP contribution is 2.01. The molecule has 1 aromatic heterocycles. The Hall–Kier alpha value is -2.21. The third-order valence-corrected chi connectivity index (χ3v) is 3.17. The van der Waals surface area contributed by atoms with Crippen LogP contribution in [0.25, 0.3) is 0 Å². The van der Waals surface area contributed by atoms with Gasteiger partial charge in [0.25, 0.3) is 5.91 Å². The molecule has 5 nitrogen and oxygen atoms in total. The van der Waals surface area contributed by atoms with Crippen molar-refractivity contribution >= 4 is 23.2 Å². The lowest BCUT2D eigenvalue weighted by molar-refractivity contribution is -0.142. The van der Waals surface area contributed by atoms with Gasteiger partial charge in [-0.15, -0.1) is 11.3 Å². The number of benzene rings is 1. The molecule has 1 N–H and O–H groups in total. The first-order valence-electron chi connectivity index (χ1n) is 6.11. The second-order valence-electron chi connectivity index (χ2n) is 4.00. The molecule has 2 rings (SSSR count). The van der Waals surface area contributed by atoms with Gasteiger partial charge in [-0.1, -0.05) is 18.2 Å². The van der Waals surface area contributed by atoms with E-state index in [0.29, 0.717) is 12.0 Å². The predicted molar refractivity (Wildman–Crippen MR) is 75.6 cm³/mol. The highest BCUT2D eigenvalue weighted by molar-refractivity contribution is 7.07. The minimum absolute atomic E-state index is 0.134. The van der Waals surface area contributed by atoms with Crippen LogP contribution in [0.3, 0.4) is 0 Å². The van der Waals surface area contributed by atoms with E-state index >= 15 is 0 Å². The molecule has 1 aromatic carbocycles. The lowest BCUT2D eigenvalue weighted by Gasteiger charge is -2.05. The number of rotatable bonds is 6. The van der Waals surface area contributed by atoms with Crippen molar-refractivity contribution in [1.29, 1.82) is 0 Å². The summed E-state index contributed by atoms with van der Waals surface area (Å²) in [5.74, 6) is -0.744. The molecule has 0 bridgehead atoms. The molecule has 0 aliphatic heterocycles. The summed E-state index contributed by atoms with van der Waals surface area (Å²) in [5, 5.41) is 4.42. The first-order chi connectivity index (χ1) is 9.75. The molecular formula is C14H14N2O3S. The summed E-state index contributed by atoms with van der Waals surface area (Å²) in [4.78, 5) is 27.2. The van der Waals surface area contributed by atoms with Crippen LogP contribution in [0.2, 0.25) is 0 Å². The van der Waals surface area contributed by atoms with E-state index in [9.17, 15) is 9.59 Å². The van der Waals surface area contributed by atoms with E-state index in [0.717, 1.165) is 5.69 Å². The van der Waals surface area contributed by atoms with E-state index in [2.05, 4.69) is 10.3 Å². The minimum atomic E-state index is -0.454. The Morgan fingerprint density at radius 3 is 2.75 bits per heavy atom. The Bertz CT molecular complexity index is 555. The number of carbonyl (C=O) groups excluding carboxylic acids is 2. The van der Waals surface area contributed by atoms with Crippen molar-refractivity contribution < 1.29 is 14.3 Å². The molecule has 0 spiro atoms. The van der Waals surface area contributed by atoms with Crippen molar-refractivity contribution in [2.75, 3.05) is 13.2 Å². The van der Waals surface area contributed by atoms with Crippen LogP contribution in [0.1, 0.15) is 16.1 Å². The molecule has 2 aromatic rings. The fourth-order valence-corrected chi connectivity index (χ4v) is 2.12. The van der Waals surface area contributed by atoms with Gasteiger partial charge in [0, 0.05) is 17.4 Å². The third kappa shape index (κ3) is 4.47. The van der Waals surface area contributed by atoms with Crippen LogP contribution >= 0.6 is 11.3 Å². The SMILES string of the molecule is O=C(CNC(=O)c1ccccc1)OCCc1cscn1. The molecule has 6 heteroatoms. The summed E-state index contributed by atoms with van der Waals surface area (Å²) in [7, 11) is 0. The van der Waals surface area contributed by atoms with Crippen molar-refractivity contribution in [1.82, 2.24) is 10.3 Å². The number of thiazole rings is 1. The number of esters is 1. The van der Waals surface area contributed by atoms with Crippen LogP contribution in [-0.4, -0.2) is 30.0 Å². The van der Waals surface area contributed by atoms with Crippen molar-refractivity contribution in [2.24, 2.45) is 0 Å². The van der Waals surface area contributed by atoms with Gasteiger partial charge in [-0.05, 0) is 12.1 Å². The second-order valence-corrected chi connectivity index (χ2v) is 4.72. The van der Waals surface area contributed by atoms with E-state index in [1.807, 2.05) is 11.4 Å². The standard InChI is InChI=1S/C14H14N2O3S/c17-13(19-7-6-12-9-20-10-16-12)8-15-14(18)11-4-2-1-3-5-11/h1-5,9-10H,6-8H2,(H,15,18). The summed E-state index contributed by atoms with van der Waals surface area (Å²) in [6.45, 7) is 0.133. The average Bonchev–Trinajstić information content (AvgIpc) is 2.99. The highest BCUT2D eigenvalue weighted by atomic mass is 32.1. The number of nitrogens with one attached hydrogen (secondary N) is 1. The van der Waals surface area contributed by atoms with E-state index in [-0.39, 0.29) is 19.1 Å². The normalized spacial score (nSPS) is 10.0. The topological polar surface area (TPSA) is 68.3 Å². The minimum Gasteiger partial charge on any atom is -0.464 e. The predicted octanol–water partition coefficient (Wildman–Crippen LogP) is 1.66. The van der Waals surface area contributed by atoms with Crippen LogP contribution < -0.4 is 5.32 Å². The number of aromatic nitrogens is 1. The highest BCUT2D eigenvalue weighted by Gasteiger charge is 2.08. The van der Waals surface area contributed by atoms with Crippen LogP contribution in [0, 0.1) is 0 Å². The van der Waals surface area contributed by atoms with Gasteiger partial charge in [-0.3, -0.25) is 9.59 Å². The number of nitrogens with zero attached hydrogens (tertiary/aromatic N) is 1. The molecule has 1 amide bonds. The average molecular weight is 290 g/mol. The van der Waals surface area contributed by atoms with Crippen molar-refractivity contribution in [3.8, 4) is 0 Å². The van der Waals surface area contributed by atoms with Gasteiger partial charge in [-0.25, -0.2) is 4.98 Å². The van der Waals surface area contributed by atoms with Crippen LogP contribution in [0.5, 0.6) is 0 Å². The Labute approximate surface area is 120 Å². The van der Waals surface area contributed by atoms with Gasteiger partial charge in [0.05, 0.1) is 17.8 Å². The molecule has 20 heavy (non-hydrogen) atoms. The largest absolute Gasteiger partial charge is 0.464 e. The zero-order chi connectivity index (χ0) is 14.2. The monoisotopic (exact) mass is 290 g/mol. The fourth-order valence-electron chi connectivity index (χ4n) is 1.53. The maximum Gasteiger partial charge on any atom is 0.325 e. The third-order valence-electron chi connectivity index (χ3n) is 2.53. The summed E-state index contributed by atoms with van der Waals surface area (Å²) >= 11 is 1.50. The molecule has 1 heterocycles. The van der Waals surface area contributed by atoms with E-state index < -0.39 is 5.97 Å². The molecule has 0 aliphatic carbocycles. The van der Waals surface area contributed by atoms with Crippen molar-refractivity contribution in [2.45, 2.75) is 6.42 Å². The van der Waals surface area contributed by atoms with Gasteiger partial charge in [-0.2, -0.15) is 0 Å². The summed E-state index contributed by atoms with van der Waals surface area (Å²) in [5.41, 5.74) is 3.15.